The molecule has 1 aliphatic rings. The van der Waals surface area contributed by atoms with Crippen molar-refractivity contribution < 1.29 is 0 Å². The van der Waals surface area contributed by atoms with Gasteiger partial charge in [-0.1, -0.05) is 78.9 Å². The van der Waals surface area contributed by atoms with E-state index in [1.165, 1.54) is 5.56 Å². The molecule has 0 unspecified atom stereocenters. The van der Waals surface area contributed by atoms with E-state index in [4.69, 9.17) is 17.3 Å². The lowest BCUT2D eigenvalue weighted by atomic mass is 9.99. The van der Waals surface area contributed by atoms with Crippen molar-refractivity contribution in [2.24, 2.45) is 5.10 Å². The van der Waals surface area contributed by atoms with Crippen LogP contribution < -0.4 is 5.32 Å². The van der Waals surface area contributed by atoms with Crippen LogP contribution in [0, 0.1) is 0 Å². The van der Waals surface area contributed by atoms with Gasteiger partial charge in [0.15, 0.2) is 5.11 Å². The van der Waals surface area contributed by atoms with Gasteiger partial charge in [-0.05, 0) is 35.5 Å². The van der Waals surface area contributed by atoms with Crippen LogP contribution in [0.1, 0.15) is 23.6 Å². The smallest absolute Gasteiger partial charge is 0.194 e. The summed E-state index contributed by atoms with van der Waals surface area (Å²) in [6.45, 7) is 0. The Bertz CT molecular complexity index is 908. The van der Waals surface area contributed by atoms with E-state index in [2.05, 4.69) is 41.7 Å². The summed E-state index contributed by atoms with van der Waals surface area (Å²) >= 11 is 5.68. The Morgan fingerprint density at radius 1 is 0.846 bits per heavy atom. The molecule has 128 valence electrons. The van der Waals surface area contributed by atoms with E-state index >= 15 is 0 Å². The molecule has 4 heteroatoms. The minimum absolute atomic E-state index is 0.0927. The summed E-state index contributed by atoms with van der Waals surface area (Å²) in [6.07, 6.45) is 0.824. The van der Waals surface area contributed by atoms with Crippen LogP contribution in [0.5, 0.6) is 0 Å². The molecule has 0 radical (unpaired) electrons. The normalized spacial score (nSPS) is 16.2. The minimum atomic E-state index is 0.0927. The van der Waals surface area contributed by atoms with Crippen LogP contribution in [-0.4, -0.2) is 15.8 Å². The van der Waals surface area contributed by atoms with Crippen LogP contribution in [-0.2, 0) is 0 Å². The van der Waals surface area contributed by atoms with E-state index in [9.17, 15) is 0 Å². The zero-order chi connectivity index (χ0) is 17.8. The van der Waals surface area contributed by atoms with Crippen molar-refractivity contribution in [3.8, 4) is 0 Å². The number of nitrogens with zero attached hydrogens (tertiary/aromatic N) is 2. The van der Waals surface area contributed by atoms with E-state index < -0.39 is 0 Å². The first-order valence-electron chi connectivity index (χ1n) is 8.64. The number of hydrazone groups is 1. The Morgan fingerprint density at radius 2 is 1.42 bits per heavy atom. The first-order chi connectivity index (χ1) is 12.8. The molecule has 0 bridgehead atoms. The second kappa shape index (κ2) is 7.50. The van der Waals surface area contributed by atoms with Gasteiger partial charge >= 0.3 is 0 Å². The predicted octanol–water partition coefficient (Wildman–Crippen LogP) is 5.23. The Balaban J connectivity index is 1.65. The molecule has 0 amide bonds. The average Bonchev–Trinajstić information content (AvgIpc) is 3.16. The molecule has 1 aliphatic heterocycles. The first-order valence-corrected chi connectivity index (χ1v) is 9.05. The summed E-state index contributed by atoms with van der Waals surface area (Å²) in [4.78, 5) is 0. The molecule has 0 aromatic heterocycles. The first kappa shape index (κ1) is 16.5. The third-order valence-electron chi connectivity index (χ3n) is 4.43. The van der Waals surface area contributed by atoms with E-state index in [1.54, 1.807) is 0 Å². The van der Waals surface area contributed by atoms with Gasteiger partial charge in [-0.25, -0.2) is 5.01 Å². The van der Waals surface area contributed by atoms with Gasteiger partial charge in [-0.2, -0.15) is 5.10 Å². The molecule has 1 N–H and O–H groups in total. The fourth-order valence-corrected chi connectivity index (χ4v) is 3.43. The monoisotopic (exact) mass is 357 g/mol. The molecular weight excluding hydrogens is 338 g/mol. The van der Waals surface area contributed by atoms with Gasteiger partial charge in [0.05, 0.1) is 11.8 Å². The highest BCUT2D eigenvalue weighted by Crippen LogP contribution is 2.33. The number of benzene rings is 3. The van der Waals surface area contributed by atoms with Crippen molar-refractivity contribution in [3.05, 3.63) is 102 Å². The summed E-state index contributed by atoms with van der Waals surface area (Å²) in [5.74, 6) is 0. The van der Waals surface area contributed by atoms with E-state index in [1.807, 2.05) is 59.6 Å². The lowest BCUT2D eigenvalue weighted by Gasteiger charge is -2.24. The number of thiocarbonyl (C=S) groups is 1. The summed E-state index contributed by atoms with van der Waals surface area (Å²) < 4.78 is 0. The van der Waals surface area contributed by atoms with Crippen LogP contribution in [0.2, 0.25) is 0 Å². The summed E-state index contributed by atoms with van der Waals surface area (Å²) in [5, 5.41) is 10.7. The molecule has 0 fully saturated rings. The van der Waals surface area contributed by atoms with Gasteiger partial charge in [0.2, 0.25) is 0 Å². The largest absolute Gasteiger partial charge is 0.331 e. The Kier molecular flexibility index (Phi) is 4.75. The highest BCUT2D eigenvalue weighted by atomic mass is 32.1. The molecule has 0 aliphatic carbocycles. The quantitative estimate of drug-likeness (QED) is 0.650. The standard InChI is InChI=1S/C22H19N3S/c26-22(23-19-14-8-3-9-15-19)25-21(18-12-6-2-7-13-18)16-20(24-25)17-10-4-1-5-11-17/h1-15,21H,16H2,(H,23,26)/t21-/m1/s1. The molecule has 1 heterocycles. The fourth-order valence-electron chi connectivity index (χ4n) is 3.14. The molecular formula is C22H19N3S. The van der Waals surface area contributed by atoms with Gasteiger partial charge in [0.1, 0.15) is 0 Å². The second-order valence-corrected chi connectivity index (χ2v) is 6.57. The van der Waals surface area contributed by atoms with E-state index in [0.717, 1.165) is 23.4 Å². The number of hydrogen-bond donors (Lipinski definition) is 1. The minimum Gasteiger partial charge on any atom is -0.331 e. The molecule has 3 aromatic carbocycles. The number of hydrogen-bond acceptors (Lipinski definition) is 2. The Hall–Kier alpha value is -2.98. The van der Waals surface area contributed by atoms with Gasteiger partial charge in [-0.3, -0.25) is 0 Å². The molecule has 1 atom stereocenters. The molecule has 0 saturated carbocycles. The highest BCUT2D eigenvalue weighted by molar-refractivity contribution is 7.80. The van der Waals surface area contributed by atoms with E-state index in [-0.39, 0.29) is 6.04 Å². The van der Waals surface area contributed by atoms with Gasteiger partial charge in [0, 0.05) is 12.1 Å². The fraction of sp³-hybridized carbons (Fsp3) is 0.0909. The summed E-state index contributed by atoms with van der Waals surface area (Å²) in [5.41, 5.74) is 4.36. The number of para-hydroxylation sites is 1. The number of nitrogens with one attached hydrogen (secondary N) is 1. The van der Waals surface area contributed by atoms with E-state index in [0.29, 0.717) is 5.11 Å². The van der Waals surface area contributed by atoms with Crippen LogP contribution in [0.25, 0.3) is 0 Å². The lowest BCUT2D eigenvalue weighted by molar-refractivity contribution is 0.375. The molecule has 26 heavy (non-hydrogen) atoms. The maximum absolute atomic E-state index is 5.68. The van der Waals surface area contributed by atoms with Crippen LogP contribution in [0.15, 0.2) is 96.1 Å². The van der Waals surface area contributed by atoms with Crippen molar-refractivity contribution >= 4 is 28.7 Å². The maximum Gasteiger partial charge on any atom is 0.194 e. The highest BCUT2D eigenvalue weighted by Gasteiger charge is 2.31. The van der Waals surface area contributed by atoms with Crippen molar-refractivity contribution in [1.82, 2.24) is 5.01 Å². The zero-order valence-corrected chi connectivity index (χ0v) is 15.1. The second-order valence-electron chi connectivity index (χ2n) is 6.18. The topological polar surface area (TPSA) is 27.6 Å². The molecule has 0 spiro atoms. The van der Waals surface area contributed by atoms with Gasteiger partial charge in [0.25, 0.3) is 0 Å². The molecule has 4 rings (SSSR count). The SMILES string of the molecule is S=C(Nc1ccccc1)N1N=C(c2ccccc2)C[C@@H]1c1ccccc1. The molecule has 3 aromatic rings. The van der Waals surface area contributed by atoms with Crippen molar-refractivity contribution in [2.45, 2.75) is 12.5 Å². The summed E-state index contributed by atoms with van der Waals surface area (Å²) in [6, 6.07) is 30.8. The third kappa shape index (κ3) is 3.51. The van der Waals surface area contributed by atoms with Crippen molar-refractivity contribution in [3.63, 3.8) is 0 Å². The number of rotatable bonds is 3. The summed E-state index contributed by atoms with van der Waals surface area (Å²) in [7, 11) is 0. The average molecular weight is 357 g/mol. The Labute approximate surface area is 159 Å². The molecule has 3 nitrogen and oxygen atoms in total. The van der Waals surface area contributed by atoms with Gasteiger partial charge in [-0.15, -0.1) is 0 Å². The maximum atomic E-state index is 5.68. The predicted molar refractivity (Wildman–Crippen MR) is 111 cm³/mol. The zero-order valence-electron chi connectivity index (χ0n) is 14.2. The lowest BCUT2D eigenvalue weighted by Crippen LogP contribution is -2.31. The van der Waals surface area contributed by atoms with Crippen LogP contribution >= 0.6 is 12.2 Å². The third-order valence-corrected chi connectivity index (χ3v) is 4.72. The Morgan fingerprint density at radius 3 is 2.08 bits per heavy atom. The van der Waals surface area contributed by atoms with Gasteiger partial charge < -0.3 is 5.32 Å². The van der Waals surface area contributed by atoms with Crippen LogP contribution in [0.4, 0.5) is 5.69 Å². The number of anilines is 1. The van der Waals surface area contributed by atoms with Crippen molar-refractivity contribution in [1.29, 1.82) is 0 Å². The van der Waals surface area contributed by atoms with Crippen molar-refractivity contribution in [2.75, 3.05) is 5.32 Å². The van der Waals surface area contributed by atoms with Crippen LogP contribution in [0.3, 0.4) is 0 Å². The molecule has 0 saturated heterocycles.